The first kappa shape index (κ1) is 15.7. The lowest BCUT2D eigenvalue weighted by molar-refractivity contribution is 0.0525. The maximum Gasteiger partial charge on any atom is 0.341 e. The van der Waals surface area contributed by atoms with E-state index < -0.39 is 0 Å². The monoisotopic (exact) mass is 286 g/mol. The van der Waals surface area contributed by atoms with Gasteiger partial charge >= 0.3 is 5.97 Å². The Morgan fingerprint density at radius 3 is 2.53 bits per heavy atom. The molecule has 19 heavy (non-hydrogen) atoms. The van der Waals surface area contributed by atoms with E-state index in [1.54, 1.807) is 6.92 Å². The van der Waals surface area contributed by atoms with E-state index in [9.17, 15) is 4.79 Å². The summed E-state index contributed by atoms with van der Waals surface area (Å²) in [7, 11) is 0. The fourth-order valence-electron chi connectivity index (χ4n) is 1.90. The summed E-state index contributed by atoms with van der Waals surface area (Å²) in [6.07, 6.45) is 4.91. The van der Waals surface area contributed by atoms with Crippen LogP contribution in [0, 0.1) is 0 Å². The Kier molecular flexibility index (Phi) is 5.98. The van der Waals surface area contributed by atoms with Gasteiger partial charge in [-0.2, -0.15) is 0 Å². The van der Waals surface area contributed by atoms with Crippen LogP contribution in [0.2, 0.25) is 0 Å². The zero-order valence-electron chi connectivity index (χ0n) is 10.9. The molecule has 0 aliphatic carbocycles. The molecule has 1 aromatic rings. The molecule has 0 saturated carbocycles. The molecule has 2 N–H and O–H groups in total. The van der Waals surface area contributed by atoms with Crippen molar-refractivity contribution in [3.63, 3.8) is 0 Å². The lowest BCUT2D eigenvalue weighted by Crippen LogP contribution is -2.40. The predicted octanol–water partition coefficient (Wildman–Crippen LogP) is 1.00. The second-order valence-electron chi connectivity index (χ2n) is 4.32. The summed E-state index contributed by atoms with van der Waals surface area (Å²) in [6, 6.07) is 0.278. The minimum Gasteiger partial charge on any atom is -0.462 e. The summed E-state index contributed by atoms with van der Waals surface area (Å²) >= 11 is 0. The normalized spacial score (nSPS) is 15.8. The molecule has 0 bridgehead atoms. The number of ether oxygens (including phenoxy) is 1. The van der Waals surface area contributed by atoms with Gasteiger partial charge in [-0.25, -0.2) is 14.8 Å². The second-order valence-corrected chi connectivity index (χ2v) is 4.32. The van der Waals surface area contributed by atoms with Crippen LogP contribution in [-0.2, 0) is 4.74 Å². The third kappa shape index (κ3) is 4.04. The first-order valence-electron chi connectivity index (χ1n) is 6.20. The molecule has 1 aliphatic rings. The number of nitrogens with zero attached hydrogens (tertiary/aromatic N) is 3. The number of nitrogens with two attached hydrogens (primary N) is 1. The molecule has 2 rings (SSSR count). The van der Waals surface area contributed by atoms with Crippen LogP contribution >= 0.6 is 12.4 Å². The van der Waals surface area contributed by atoms with Crippen molar-refractivity contribution in [2.45, 2.75) is 25.8 Å². The van der Waals surface area contributed by atoms with Gasteiger partial charge < -0.3 is 15.4 Å². The van der Waals surface area contributed by atoms with Gasteiger partial charge in [0.1, 0.15) is 0 Å². The van der Waals surface area contributed by atoms with Crippen molar-refractivity contribution in [2.75, 3.05) is 24.6 Å². The number of carbonyl (C=O) groups is 1. The minimum absolute atomic E-state index is 0. The number of hydrogen-bond acceptors (Lipinski definition) is 6. The fraction of sp³-hybridized carbons (Fsp3) is 0.583. The molecule has 0 unspecified atom stereocenters. The molecule has 1 saturated heterocycles. The van der Waals surface area contributed by atoms with Crippen LogP contribution in [-0.4, -0.2) is 41.7 Å². The van der Waals surface area contributed by atoms with Crippen LogP contribution in [0.15, 0.2) is 12.4 Å². The van der Waals surface area contributed by atoms with E-state index >= 15 is 0 Å². The highest BCUT2D eigenvalue weighted by atomic mass is 35.5. The van der Waals surface area contributed by atoms with Crippen LogP contribution in [0.5, 0.6) is 0 Å². The smallest absolute Gasteiger partial charge is 0.341 e. The van der Waals surface area contributed by atoms with Crippen LogP contribution in [0.1, 0.15) is 30.1 Å². The topological polar surface area (TPSA) is 81.3 Å². The second kappa shape index (κ2) is 7.25. The number of hydrogen-bond donors (Lipinski definition) is 1. The first-order valence-corrected chi connectivity index (χ1v) is 6.20. The molecule has 6 nitrogen and oxygen atoms in total. The summed E-state index contributed by atoms with van der Waals surface area (Å²) in [4.78, 5) is 21.9. The first-order chi connectivity index (χ1) is 8.70. The van der Waals surface area contributed by atoms with E-state index in [0.717, 1.165) is 25.9 Å². The third-order valence-corrected chi connectivity index (χ3v) is 2.97. The Bertz CT molecular complexity index is 405. The van der Waals surface area contributed by atoms with Crippen LogP contribution in [0.4, 0.5) is 5.95 Å². The Morgan fingerprint density at radius 2 is 2.00 bits per heavy atom. The number of rotatable bonds is 3. The van der Waals surface area contributed by atoms with Gasteiger partial charge in [-0.05, 0) is 19.8 Å². The Hall–Kier alpha value is -1.40. The standard InChI is InChI=1S/C12H18N4O2.ClH/c1-2-18-11(17)9-7-14-12(15-8-9)16-5-3-10(13)4-6-16;/h7-8,10H,2-6,13H2,1H3;1H. The van der Waals surface area contributed by atoms with Gasteiger partial charge in [0.25, 0.3) is 0 Å². The van der Waals surface area contributed by atoms with Crippen molar-refractivity contribution in [3.8, 4) is 0 Å². The van der Waals surface area contributed by atoms with E-state index in [-0.39, 0.29) is 24.4 Å². The summed E-state index contributed by atoms with van der Waals surface area (Å²) in [5.74, 6) is 0.264. The van der Waals surface area contributed by atoms with Gasteiger partial charge in [0.15, 0.2) is 0 Å². The Balaban J connectivity index is 0.00000180. The molecular weight excluding hydrogens is 268 g/mol. The quantitative estimate of drug-likeness (QED) is 0.835. The van der Waals surface area contributed by atoms with Crippen LogP contribution in [0.25, 0.3) is 0 Å². The van der Waals surface area contributed by atoms with E-state index in [0.29, 0.717) is 18.1 Å². The molecule has 2 heterocycles. The maximum atomic E-state index is 11.4. The molecule has 0 radical (unpaired) electrons. The lowest BCUT2D eigenvalue weighted by atomic mass is 10.1. The SMILES string of the molecule is CCOC(=O)c1cnc(N2CCC(N)CC2)nc1.Cl. The molecule has 1 aliphatic heterocycles. The molecule has 1 aromatic heterocycles. The molecule has 106 valence electrons. The summed E-state index contributed by atoms with van der Waals surface area (Å²) in [5.41, 5.74) is 6.23. The number of esters is 1. The van der Waals surface area contributed by atoms with Crippen molar-refractivity contribution in [3.05, 3.63) is 18.0 Å². The van der Waals surface area contributed by atoms with Gasteiger partial charge in [-0.1, -0.05) is 0 Å². The Morgan fingerprint density at radius 1 is 1.42 bits per heavy atom. The maximum absolute atomic E-state index is 11.4. The number of carbonyl (C=O) groups excluding carboxylic acids is 1. The molecule has 0 aromatic carbocycles. The summed E-state index contributed by atoms with van der Waals surface area (Å²) < 4.78 is 4.88. The summed E-state index contributed by atoms with van der Waals surface area (Å²) in [6.45, 7) is 3.84. The molecule has 0 atom stereocenters. The lowest BCUT2D eigenvalue weighted by Gasteiger charge is -2.29. The van der Waals surface area contributed by atoms with E-state index in [4.69, 9.17) is 10.5 Å². The molecule has 0 amide bonds. The Labute approximate surface area is 118 Å². The van der Waals surface area contributed by atoms with Gasteiger partial charge in [-0.15, -0.1) is 12.4 Å². The van der Waals surface area contributed by atoms with Gasteiger partial charge in [0.2, 0.25) is 5.95 Å². The number of aromatic nitrogens is 2. The van der Waals surface area contributed by atoms with E-state index in [1.807, 2.05) is 0 Å². The zero-order chi connectivity index (χ0) is 13.0. The highest BCUT2D eigenvalue weighted by Gasteiger charge is 2.18. The van der Waals surface area contributed by atoms with Gasteiger partial charge in [0.05, 0.1) is 12.2 Å². The van der Waals surface area contributed by atoms with Crippen molar-refractivity contribution in [2.24, 2.45) is 5.73 Å². The molecule has 7 heteroatoms. The highest BCUT2D eigenvalue weighted by Crippen LogP contribution is 2.14. The zero-order valence-corrected chi connectivity index (χ0v) is 11.7. The average molecular weight is 287 g/mol. The molecular formula is C12H19ClN4O2. The fourth-order valence-corrected chi connectivity index (χ4v) is 1.90. The number of piperidine rings is 1. The van der Waals surface area contributed by atoms with Gasteiger partial charge in [-0.3, -0.25) is 0 Å². The summed E-state index contributed by atoms with van der Waals surface area (Å²) in [5, 5.41) is 0. The highest BCUT2D eigenvalue weighted by molar-refractivity contribution is 5.88. The molecule has 0 spiro atoms. The average Bonchev–Trinajstić information content (AvgIpc) is 2.40. The number of halogens is 1. The van der Waals surface area contributed by atoms with Crippen molar-refractivity contribution in [1.29, 1.82) is 0 Å². The van der Waals surface area contributed by atoms with Gasteiger partial charge in [0, 0.05) is 31.5 Å². The van der Waals surface area contributed by atoms with E-state index in [2.05, 4.69) is 14.9 Å². The minimum atomic E-state index is -0.385. The predicted molar refractivity (Wildman–Crippen MR) is 74.7 cm³/mol. The molecule has 1 fully saturated rings. The van der Waals surface area contributed by atoms with Crippen molar-refractivity contribution >= 4 is 24.3 Å². The van der Waals surface area contributed by atoms with Crippen molar-refractivity contribution < 1.29 is 9.53 Å². The van der Waals surface area contributed by atoms with E-state index in [1.165, 1.54) is 12.4 Å². The van der Waals surface area contributed by atoms with Crippen LogP contribution in [0.3, 0.4) is 0 Å². The largest absolute Gasteiger partial charge is 0.462 e. The number of anilines is 1. The van der Waals surface area contributed by atoms with Crippen molar-refractivity contribution in [1.82, 2.24) is 9.97 Å². The van der Waals surface area contributed by atoms with Crippen LogP contribution < -0.4 is 10.6 Å². The third-order valence-electron chi connectivity index (χ3n) is 2.97.